The van der Waals surface area contributed by atoms with Gasteiger partial charge in [0.15, 0.2) is 0 Å². The highest BCUT2D eigenvalue weighted by Crippen LogP contribution is 2.35. The minimum absolute atomic E-state index is 0.474. The molecule has 0 amide bonds. The van der Waals surface area contributed by atoms with Gasteiger partial charge in [-0.05, 0) is 23.3 Å². The van der Waals surface area contributed by atoms with Gasteiger partial charge >= 0.3 is 0 Å². The summed E-state index contributed by atoms with van der Waals surface area (Å²) >= 11 is 7.89. The van der Waals surface area contributed by atoms with E-state index in [0.717, 1.165) is 21.0 Å². The maximum absolute atomic E-state index is 10.4. The van der Waals surface area contributed by atoms with E-state index in [1.165, 1.54) is 11.3 Å². The smallest absolute Gasteiger partial charge is 0.113 e. The predicted molar refractivity (Wildman–Crippen MR) is 107 cm³/mol. The van der Waals surface area contributed by atoms with Crippen LogP contribution < -0.4 is 0 Å². The molecule has 1 fully saturated rings. The molecule has 7 nitrogen and oxygen atoms in total. The van der Waals surface area contributed by atoms with Gasteiger partial charge in [-0.1, -0.05) is 23.7 Å². The molecule has 0 aliphatic carbocycles. The quantitative estimate of drug-likeness (QED) is 0.483. The van der Waals surface area contributed by atoms with Crippen LogP contribution in [0, 0.1) is 0 Å². The van der Waals surface area contributed by atoms with Gasteiger partial charge in [-0.3, -0.25) is 0 Å². The summed E-state index contributed by atoms with van der Waals surface area (Å²) in [5, 5.41) is 41.2. The van der Waals surface area contributed by atoms with Crippen LogP contribution in [0.2, 0.25) is 5.02 Å². The van der Waals surface area contributed by atoms with Crippen molar-refractivity contribution in [1.29, 1.82) is 0 Å². The molecule has 5 atom stereocenters. The van der Waals surface area contributed by atoms with E-state index in [4.69, 9.17) is 20.8 Å². The summed E-state index contributed by atoms with van der Waals surface area (Å²) in [6.45, 7) is -0.474. The molecular weight excluding hydrogens is 418 g/mol. The van der Waals surface area contributed by atoms with Crippen LogP contribution in [-0.4, -0.2) is 56.4 Å². The molecule has 3 aromatic rings. The predicted octanol–water partition coefficient (Wildman–Crippen LogP) is 2.16. The van der Waals surface area contributed by atoms with Crippen LogP contribution >= 0.6 is 22.9 Å². The zero-order valence-electron chi connectivity index (χ0n) is 15.2. The maximum Gasteiger partial charge on any atom is 0.113 e. The van der Waals surface area contributed by atoms with Crippen molar-refractivity contribution < 1.29 is 29.6 Å². The minimum atomic E-state index is -1.43. The molecular formula is C20H20ClNO6S. The van der Waals surface area contributed by atoms with Gasteiger partial charge < -0.3 is 29.6 Å². The van der Waals surface area contributed by atoms with E-state index in [2.05, 4.69) is 4.98 Å². The maximum atomic E-state index is 10.4. The number of aromatic nitrogens is 1. The zero-order valence-corrected chi connectivity index (χ0v) is 16.8. The standard InChI is InChI=1S/C20H20ClNO6S/c21-13-2-1-10(20-19(26)18(25)17(24)14(8-23)28-20)5-12(13)6-16-22-7-15(29-16)11-3-4-27-9-11/h1-5,7,9,14,17-20,23-26H,6,8H2/t14-,17-,18+,19-,20+/m1/s1. The number of aliphatic hydroxyl groups is 4. The number of nitrogens with zero attached hydrogens (tertiary/aromatic N) is 1. The average molecular weight is 438 g/mol. The molecule has 3 heterocycles. The van der Waals surface area contributed by atoms with Crippen molar-refractivity contribution in [2.45, 2.75) is 36.9 Å². The molecule has 1 saturated heterocycles. The Hall–Kier alpha value is -1.78. The lowest BCUT2D eigenvalue weighted by Gasteiger charge is -2.40. The molecule has 154 valence electrons. The van der Waals surface area contributed by atoms with E-state index in [0.29, 0.717) is 17.0 Å². The van der Waals surface area contributed by atoms with E-state index in [-0.39, 0.29) is 0 Å². The van der Waals surface area contributed by atoms with E-state index >= 15 is 0 Å². The van der Waals surface area contributed by atoms with Crippen molar-refractivity contribution in [3.63, 3.8) is 0 Å². The summed E-state index contributed by atoms with van der Waals surface area (Å²) in [5.41, 5.74) is 2.33. The first kappa shape index (κ1) is 20.5. The largest absolute Gasteiger partial charge is 0.472 e. The molecule has 0 radical (unpaired) electrons. The Bertz CT molecular complexity index is 960. The highest BCUT2D eigenvalue weighted by molar-refractivity contribution is 7.15. The first-order valence-electron chi connectivity index (χ1n) is 9.04. The molecule has 0 saturated carbocycles. The molecule has 1 aromatic carbocycles. The topological polar surface area (TPSA) is 116 Å². The van der Waals surface area contributed by atoms with E-state index < -0.39 is 37.1 Å². The number of furan rings is 1. The van der Waals surface area contributed by atoms with Crippen LogP contribution in [0.25, 0.3) is 10.4 Å². The Morgan fingerprint density at radius 3 is 2.66 bits per heavy atom. The molecule has 2 aromatic heterocycles. The van der Waals surface area contributed by atoms with Crippen molar-refractivity contribution in [1.82, 2.24) is 4.98 Å². The Kier molecular flexibility index (Phi) is 6.03. The van der Waals surface area contributed by atoms with Crippen LogP contribution in [0.5, 0.6) is 0 Å². The lowest BCUT2D eigenvalue weighted by molar-refractivity contribution is -0.231. The molecule has 9 heteroatoms. The second-order valence-corrected chi connectivity index (χ2v) is 8.43. The van der Waals surface area contributed by atoms with Crippen LogP contribution in [0.1, 0.15) is 22.2 Å². The van der Waals surface area contributed by atoms with Crippen molar-refractivity contribution in [3.05, 3.63) is 64.1 Å². The highest BCUT2D eigenvalue weighted by atomic mass is 35.5. The third-order valence-electron chi connectivity index (χ3n) is 4.99. The SMILES string of the molecule is OC[C@H]1O[C@@H](c2ccc(Cl)c(Cc3ncc(-c4ccoc4)s3)c2)[C@H](O)[C@@H](O)[C@@H]1O. The summed E-state index contributed by atoms with van der Waals surface area (Å²) in [6, 6.07) is 7.04. The van der Waals surface area contributed by atoms with Gasteiger partial charge in [0.05, 0.1) is 29.0 Å². The number of benzene rings is 1. The summed E-state index contributed by atoms with van der Waals surface area (Å²) in [6.07, 6.45) is -0.509. The van der Waals surface area contributed by atoms with Crippen molar-refractivity contribution in [2.24, 2.45) is 0 Å². The molecule has 1 aliphatic rings. The van der Waals surface area contributed by atoms with Gasteiger partial charge in [-0.15, -0.1) is 11.3 Å². The van der Waals surface area contributed by atoms with E-state index in [9.17, 15) is 20.4 Å². The number of halogens is 1. The van der Waals surface area contributed by atoms with Gasteiger partial charge in [0.1, 0.15) is 30.5 Å². The summed E-state index contributed by atoms with van der Waals surface area (Å²) in [5.74, 6) is 0. The number of thiazole rings is 1. The third-order valence-corrected chi connectivity index (χ3v) is 6.41. The van der Waals surface area contributed by atoms with Crippen molar-refractivity contribution in [3.8, 4) is 10.4 Å². The monoisotopic (exact) mass is 437 g/mol. The Labute approximate surface area is 175 Å². The van der Waals surface area contributed by atoms with E-state index in [1.54, 1.807) is 36.9 Å². The van der Waals surface area contributed by atoms with Gasteiger partial charge in [0.25, 0.3) is 0 Å². The molecule has 0 spiro atoms. The number of hydrogen-bond donors (Lipinski definition) is 4. The van der Waals surface area contributed by atoms with Gasteiger partial charge in [0, 0.05) is 23.2 Å². The van der Waals surface area contributed by atoms with Gasteiger partial charge in [-0.25, -0.2) is 4.98 Å². The lowest BCUT2D eigenvalue weighted by Crippen LogP contribution is -2.55. The average Bonchev–Trinajstić information content (AvgIpc) is 3.40. The fourth-order valence-electron chi connectivity index (χ4n) is 3.38. The molecule has 29 heavy (non-hydrogen) atoms. The van der Waals surface area contributed by atoms with Crippen LogP contribution in [0.15, 0.2) is 47.4 Å². The van der Waals surface area contributed by atoms with Crippen LogP contribution in [-0.2, 0) is 11.2 Å². The van der Waals surface area contributed by atoms with Crippen LogP contribution in [0.3, 0.4) is 0 Å². The fraction of sp³-hybridized carbons (Fsp3) is 0.350. The van der Waals surface area contributed by atoms with E-state index in [1.807, 2.05) is 6.07 Å². The Morgan fingerprint density at radius 1 is 1.10 bits per heavy atom. The summed E-state index contributed by atoms with van der Waals surface area (Å²) in [4.78, 5) is 5.43. The fourth-order valence-corrected chi connectivity index (χ4v) is 4.49. The van der Waals surface area contributed by atoms with Gasteiger partial charge in [-0.2, -0.15) is 0 Å². The summed E-state index contributed by atoms with van der Waals surface area (Å²) in [7, 11) is 0. The number of rotatable bonds is 5. The Morgan fingerprint density at radius 2 is 1.93 bits per heavy atom. The molecule has 4 rings (SSSR count). The number of aliphatic hydroxyl groups excluding tert-OH is 4. The normalized spacial score (nSPS) is 27.3. The minimum Gasteiger partial charge on any atom is -0.472 e. The zero-order chi connectivity index (χ0) is 20.5. The molecule has 1 aliphatic heterocycles. The molecule has 0 unspecified atom stereocenters. The lowest BCUT2D eigenvalue weighted by atomic mass is 9.90. The first-order chi connectivity index (χ1) is 14.0. The second kappa shape index (κ2) is 8.53. The number of hydrogen-bond acceptors (Lipinski definition) is 8. The summed E-state index contributed by atoms with van der Waals surface area (Å²) < 4.78 is 10.7. The number of ether oxygens (including phenoxy) is 1. The first-order valence-corrected chi connectivity index (χ1v) is 10.2. The van der Waals surface area contributed by atoms with Crippen molar-refractivity contribution >= 4 is 22.9 Å². The highest BCUT2D eigenvalue weighted by Gasteiger charge is 2.44. The second-order valence-electron chi connectivity index (χ2n) is 6.91. The van der Waals surface area contributed by atoms with Crippen LogP contribution in [0.4, 0.5) is 0 Å². The Balaban J connectivity index is 1.58. The molecule has 0 bridgehead atoms. The third kappa shape index (κ3) is 4.10. The van der Waals surface area contributed by atoms with Gasteiger partial charge in [0.2, 0.25) is 0 Å². The molecule has 4 N–H and O–H groups in total. The van der Waals surface area contributed by atoms with Crippen molar-refractivity contribution in [2.75, 3.05) is 6.61 Å².